The van der Waals surface area contributed by atoms with E-state index in [1.54, 1.807) is 11.8 Å². The van der Waals surface area contributed by atoms with Gasteiger partial charge in [0.2, 0.25) is 15.9 Å². The molecule has 106 valence electrons. The molecule has 1 heterocycles. The van der Waals surface area contributed by atoms with Gasteiger partial charge in [0.25, 0.3) is 0 Å². The lowest BCUT2D eigenvalue weighted by atomic mass is 10.3. The standard InChI is InChI=1S/C11H22N2O4S/c1-3-4-9-18(15,16)12-10(2)11(14)13-5-7-17-8-6-13/h10,12H,3-9H2,1-2H3/t10-/m0/s1. The van der Waals surface area contributed by atoms with Crippen molar-refractivity contribution in [2.75, 3.05) is 32.1 Å². The first-order valence-corrected chi connectivity index (χ1v) is 7.98. The molecule has 1 amide bonds. The van der Waals surface area contributed by atoms with E-state index < -0.39 is 16.1 Å². The van der Waals surface area contributed by atoms with Crippen molar-refractivity contribution in [2.45, 2.75) is 32.7 Å². The van der Waals surface area contributed by atoms with Gasteiger partial charge in [0.1, 0.15) is 0 Å². The van der Waals surface area contributed by atoms with Crippen molar-refractivity contribution in [1.82, 2.24) is 9.62 Å². The molecule has 1 N–H and O–H groups in total. The van der Waals surface area contributed by atoms with E-state index in [4.69, 9.17) is 4.74 Å². The number of rotatable bonds is 6. The number of morpholine rings is 1. The molecule has 0 unspecified atom stereocenters. The third-order valence-corrected chi connectivity index (χ3v) is 4.35. The van der Waals surface area contributed by atoms with Crippen LogP contribution in [0.3, 0.4) is 0 Å². The molecule has 0 aromatic heterocycles. The van der Waals surface area contributed by atoms with Crippen LogP contribution in [0.2, 0.25) is 0 Å². The second-order valence-electron chi connectivity index (χ2n) is 4.45. The summed E-state index contributed by atoms with van der Waals surface area (Å²) in [6, 6.07) is -0.704. The maximum absolute atomic E-state index is 12.0. The van der Waals surface area contributed by atoms with Crippen LogP contribution in [0.1, 0.15) is 26.7 Å². The number of sulfonamides is 1. The molecule has 1 rings (SSSR count). The number of carbonyl (C=O) groups is 1. The maximum Gasteiger partial charge on any atom is 0.240 e. The Bertz CT molecular complexity index is 363. The summed E-state index contributed by atoms with van der Waals surface area (Å²) >= 11 is 0. The van der Waals surface area contributed by atoms with Crippen LogP contribution in [0.25, 0.3) is 0 Å². The fourth-order valence-electron chi connectivity index (χ4n) is 1.77. The monoisotopic (exact) mass is 278 g/mol. The van der Waals surface area contributed by atoms with Crippen LogP contribution in [0.4, 0.5) is 0 Å². The molecule has 6 nitrogen and oxygen atoms in total. The van der Waals surface area contributed by atoms with Crippen LogP contribution in [0.5, 0.6) is 0 Å². The van der Waals surface area contributed by atoms with Crippen molar-refractivity contribution >= 4 is 15.9 Å². The van der Waals surface area contributed by atoms with E-state index in [1.165, 1.54) is 0 Å². The average molecular weight is 278 g/mol. The first-order valence-electron chi connectivity index (χ1n) is 6.33. The molecule has 0 radical (unpaired) electrons. The van der Waals surface area contributed by atoms with E-state index in [1.807, 2.05) is 6.92 Å². The van der Waals surface area contributed by atoms with Gasteiger partial charge in [0, 0.05) is 13.1 Å². The fraction of sp³-hybridized carbons (Fsp3) is 0.909. The van der Waals surface area contributed by atoms with Gasteiger partial charge in [-0.1, -0.05) is 13.3 Å². The van der Waals surface area contributed by atoms with Gasteiger partial charge in [-0.25, -0.2) is 13.1 Å². The van der Waals surface area contributed by atoms with Crippen molar-refractivity contribution < 1.29 is 17.9 Å². The first kappa shape index (κ1) is 15.4. The van der Waals surface area contributed by atoms with Gasteiger partial charge in [-0.2, -0.15) is 0 Å². The van der Waals surface area contributed by atoms with Crippen LogP contribution in [0, 0.1) is 0 Å². The normalized spacial score (nSPS) is 18.7. The average Bonchev–Trinajstić information content (AvgIpc) is 2.36. The van der Waals surface area contributed by atoms with Gasteiger partial charge in [-0.15, -0.1) is 0 Å². The lowest BCUT2D eigenvalue weighted by molar-refractivity contribution is -0.136. The Labute approximate surface area is 109 Å². The summed E-state index contributed by atoms with van der Waals surface area (Å²) in [6.45, 7) is 5.60. The molecule has 1 atom stereocenters. The van der Waals surface area contributed by atoms with Crippen molar-refractivity contribution in [3.05, 3.63) is 0 Å². The minimum absolute atomic E-state index is 0.0736. The van der Waals surface area contributed by atoms with Gasteiger partial charge in [-0.3, -0.25) is 4.79 Å². The van der Waals surface area contributed by atoms with Crippen molar-refractivity contribution in [3.63, 3.8) is 0 Å². The lowest BCUT2D eigenvalue weighted by Crippen LogP contribution is -2.50. The number of hydrogen-bond donors (Lipinski definition) is 1. The van der Waals surface area contributed by atoms with Gasteiger partial charge in [0.15, 0.2) is 0 Å². The van der Waals surface area contributed by atoms with Crippen molar-refractivity contribution in [1.29, 1.82) is 0 Å². The highest BCUT2D eigenvalue weighted by Gasteiger charge is 2.25. The van der Waals surface area contributed by atoms with Crippen LogP contribution in [-0.2, 0) is 19.6 Å². The van der Waals surface area contributed by atoms with E-state index >= 15 is 0 Å². The van der Waals surface area contributed by atoms with E-state index in [0.29, 0.717) is 32.7 Å². The van der Waals surface area contributed by atoms with Crippen LogP contribution in [0.15, 0.2) is 0 Å². The SMILES string of the molecule is CCCCS(=O)(=O)N[C@@H](C)C(=O)N1CCOCC1. The predicted molar refractivity (Wildman–Crippen MR) is 68.7 cm³/mol. The van der Waals surface area contributed by atoms with Crippen LogP contribution >= 0.6 is 0 Å². The van der Waals surface area contributed by atoms with E-state index in [9.17, 15) is 13.2 Å². The summed E-state index contributed by atoms with van der Waals surface area (Å²) in [5.41, 5.74) is 0. The molecule has 0 bridgehead atoms. The molecule has 1 saturated heterocycles. The van der Waals surface area contributed by atoms with Gasteiger partial charge < -0.3 is 9.64 Å². The molecule has 1 aliphatic heterocycles. The molecule has 1 aliphatic rings. The zero-order valence-corrected chi connectivity index (χ0v) is 11.8. The van der Waals surface area contributed by atoms with Gasteiger partial charge >= 0.3 is 0 Å². The minimum atomic E-state index is -3.36. The number of nitrogens with zero attached hydrogens (tertiary/aromatic N) is 1. The van der Waals surface area contributed by atoms with Crippen molar-refractivity contribution in [2.24, 2.45) is 0 Å². The summed E-state index contributed by atoms with van der Waals surface area (Å²) in [5.74, 6) is -0.108. The Morgan fingerprint density at radius 3 is 2.56 bits per heavy atom. The second kappa shape index (κ2) is 7.06. The Hall–Kier alpha value is -0.660. The molecule has 0 aromatic carbocycles. The number of amides is 1. The predicted octanol–water partition coefficient (Wildman–Crippen LogP) is -0.0468. The Kier molecular flexibility index (Phi) is 6.04. The first-order chi connectivity index (χ1) is 8.46. The largest absolute Gasteiger partial charge is 0.378 e. The van der Waals surface area contributed by atoms with E-state index in [0.717, 1.165) is 6.42 Å². The molecule has 0 aliphatic carbocycles. The zero-order chi connectivity index (χ0) is 13.6. The van der Waals surface area contributed by atoms with Crippen LogP contribution in [-0.4, -0.2) is 57.3 Å². The Balaban J connectivity index is 2.48. The molecule has 1 fully saturated rings. The summed E-state index contributed by atoms with van der Waals surface area (Å²) < 4.78 is 30.9. The number of nitrogens with one attached hydrogen (secondary N) is 1. The molecular formula is C11H22N2O4S. The summed E-state index contributed by atoms with van der Waals surface area (Å²) in [5, 5.41) is 0. The smallest absolute Gasteiger partial charge is 0.240 e. The molecule has 7 heteroatoms. The quantitative estimate of drug-likeness (QED) is 0.739. The second-order valence-corrected chi connectivity index (χ2v) is 6.32. The summed E-state index contributed by atoms with van der Waals surface area (Å²) in [6.07, 6.45) is 1.42. The molecule has 0 spiro atoms. The third kappa shape index (κ3) is 4.91. The highest BCUT2D eigenvalue weighted by Crippen LogP contribution is 2.02. The van der Waals surface area contributed by atoms with Gasteiger partial charge in [0.05, 0.1) is 25.0 Å². The minimum Gasteiger partial charge on any atom is -0.378 e. The lowest BCUT2D eigenvalue weighted by Gasteiger charge is -2.29. The number of ether oxygens (including phenoxy) is 1. The number of unbranched alkanes of at least 4 members (excludes halogenated alkanes) is 1. The Morgan fingerprint density at radius 1 is 1.39 bits per heavy atom. The third-order valence-electron chi connectivity index (χ3n) is 2.82. The fourth-order valence-corrected chi connectivity index (χ4v) is 3.20. The van der Waals surface area contributed by atoms with Gasteiger partial charge in [-0.05, 0) is 13.3 Å². The number of carbonyl (C=O) groups excluding carboxylic acids is 1. The van der Waals surface area contributed by atoms with Crippen molar-refractivity contribution in [3.8, 4) is 0 Å². The zero-order valence-electron chi connectivity index (χ0n) is 11.0. The topological polar surface area (TPSA) is 75.7 Å². The highest BCUT2D eigenvalue weighted by molar-refractivity contribution is 7.89. The summed E-state index contributed by atoms with van der Waals surface area (Å²) in [4.78, 5) is 13.6. The molecule has 18 heavy (non-hydrogen) atoms. The molecule has 0 saturated carbocycles. The maximum atomic E-state index is 12.0. The van der Waals surface area contributed by atoms with E-state index in [-0.39, 0.29) is 11.7 Å². The van der Waals surface area contributed by atoms with E-state index in [2.05, 4.69) is 4.72 Å². The molecule has 0 aromatic rings. The number of hydrogen-bond acceptors (Lipinski definition) is 4. The Morgan fingerprint density at radius 2 is 2.00 bits per heavy atom. The van der Waals surface area contributed by atoms with Crippen LogP contribution < -0.4 is 4.72 Å². The molecular weight excluding hydrogens is 256 g/mol. The summed E-state index contributed by atoms with van der Waals surface area (Å²) in [7, 11) is -3.36. The highest BCUT2D eigenvalue weighted by atomic mass is 32.2.